The van der Waals surface area contributed by atoms with Gasteiger partial charge in [0.05, 0.1) is 4.92 Å². The predicted octanol–water partition coefficient (Wildman–Crippen LogP) is 3.35. The Labute approximate surface area is 126 Å². The van der Waals surface area contributed by atoms with Gasteiger partial charge in [-0.2, -0.15) is 0 Å². The Morgan fingerprint density at radius 1 is 1.38 bits per heavy atom. The van der Waals surface area contributed by atoms with E-state index in [9.17, 15) is 15.2 Å². The Hall–Kier alpha value is -1.46. The Morgan fingerprint density at radius 2 is 2.00 bits per heavy atom. The van der Waals surface area contributed by atoms with Gasteiger partial charge in [0, 0.05) is 30.3 Å². The quantitative estimate of drug-likeness (QED) is 0.623. The number of hydrogen-bond acceptors (Lipinski definition) is 4. The molecular formula is C16H26N2O3. The summed E-state index contributed by atoms with van der Waals surface area (Å²) in [7, 11) is 0. The van der Waals surface area contributed by atoms with Crippen molar-refractivity contribution in [3.05, 3.63) is 39.4 Å². The van der Waals surface area contributed by atoms with Gasteiger partial charge >= 0.3 is 0 Å². The lowest BCUT2D eigenvalue weighted by atomic mass is 9.84. The molecule has 0 saturated carbocycles. The van der Waals surface area contributed by atoms with Crippen molar-refractivity contribution >= 4 is 5.69 Å². The fourth-order valence-electron chi connectivity index (χ4n) is 2.39. The Kier molecular flexibility index (Phi) is 5.87. The van der Waals surface area contributed by atoms with Crippen molar-refractivity contribution in [2.75, 3.05) is 6.61 Å². The van der Waals surface area contributed by atoms with Crippen LogP contribution in [-0.4, -0.2) is 22.7 Å². The highest BCUT2D eigenvalue weighted by molar-refractivity contribution is 5.43. The van der Waals surface area contributed by atoms with E-state index in [1.165, 1.54) is 0 Å². The number of rotatable bonds is 6. The minimum Gasteiger partial charge on any atom is -0.396 e. The Balaban J connectivity index is 2.95. The summed E-state index contributed by atoms with van der Waals surface area (Å²) in [5.41, 5.74) is 1.71. The van der Waals surface area contributed by atoms with Crippen molar-refractivity contribution in [1.82, 2.24) is 5.32 Å². The topological polar surface area (TPSA) is 75.4 Å². The highest BCUT2D eigenvalue weighted by atomic mass is 16.6. The first kappa shape index (κ1) is 17.6. The molecule has 5 heteroatoms. The van der Waals surface area contributed by atoms with Gasteiger partial charge in [-0.25, -0.2) is 0 Å². The SMILES string of the molecule is Cc1ccc(C(C)NC(CCO)C(C)(C)C)cc1[N+](=O)[O-]. The second kappa shape index (κ2) is 7.00. The summed E-state index contributed by atoms with van der Waals surface area (Å²) < 4.78 is 0. The maximum Gasteiger partial charge on any atom is 0.272 e. The van der Waals surface area contributed by atoms with Gasteiger partial charge in [0.2, 0.25) is 0 Å². The van der Waals surface area contributed by atoms with Crippen LogP contribution < -0.4 is 5.32 Å². The fourth-order valence-corrected chi connectivity index (χ4v) is 2.39. The van der Waals surface area contributed by atoms with Crippen molar-refractivity contribution in [2.45, 2.75) is 53.1 Å². The Morgan fingerprint density at radius 3 is 2.48 bits per heavy atom. The maximum atomic E-state index is 11.0. The minimum absolute atomic E-state index is 0.00756. The number of hydrogen-bond donors (Lipinski definition) is 2. The third-order valence-electron chi connectivity index (χ3n) is 3.84. The summed E-state index contributed by atoms with van der Waals surface area (Å²) in [6, 6.07) is 5.45. The molecule has 0 saturated heterocycles. The zero-order valence-corrected chi connectivity index (χ0v) is 13.5. The first-order chi connectivity index (χ1) is 9.66. The summed E-state index contributed by atoms with van der Waals surface area (Å²) in [6.07, 6.45) is 0.655. The number of aliphatic hydroxyl groups excluding tert-OH is 1. The zero-order chi connectivity index (χ0) is 16.2. The van der Waals surface area contributed by atoms with Crippen molar-refractivity contribution in [3.8, 4) is 0 Å². The van der Waals surface area contributed by atoms with E-state index in [1.54, 1.807) is 19.1 Å². The van der Waals surface area contributed by atoms with E-state index >= 15 is 0 Å². The van der Waals surface area contributed by atoms with Crippen molar-refractivity contribution < 1.29 is 10.0 Å². The molecule has 0 aromatic heterocycles. The third-order valence-corrected chi connectivity index (χ3v) is 3.84. The van der Waals surface area contributed by atoms with E-state index in [1.807, 2.05) is 13.0 Å². The van der Waals surface area contributed by atoms with Crippen LogP contribution in [0.5, 0.6) is 0 Å². The van der Waals surface area contributed by atoms with Crippen LogP contribution in [0.4, 0.5) is 5.69 Å². The number of aliphatic hydroxyl groups is 1. The zero-order valence-electron chi connectivity index (χ0n) is 13.5. The molecule has 0 aliphatic rings. The predicted molar refractivity (Wildman–Crippen MR) is 84.3 cm³/mol. The lowest BCUT2D eigenvalue weighted by Crippen LogP contribution is -2.42. The largest absolute Gasteiger partial charge is 0.396 e. The van der Waals surface area contributed by atoms with E-state index in [-0.39, 0.29) is 34.7 Å². The molecule has 5 nitrogen and oxygen atoms in total. The van der Waals surface area contributed by atoms with Gasteiger partial charge in [-0.1, -0.05) is 32.9 Å². The first-order valence-corrected chi connectivity index (χ1v) is 7.28. The van der Waals surface area contributed by atoms with E-state index in [0.29, 0.717) is 12.0 Å². The summed E-state index contributed by atoms with van der Waals surface area (Å²) in [6.45, 7) is 10.2. The fraction of sp³-hybridized carbons (Fsp3) is 0.625. The molecule has 0 radical (unpaired) electrons. The monoisotopic (exact) mass is 294 g/mol. The Bertz CT molecular complexity index is 495. The van der Waals surface area contributed by atoms with Crippen LogP contribution in [0.2, 0.25) is 0 Å². The normalized spacial score (nSPS) is 14.8. The number of nitrogens with one attached hydrogen (secondary N) is 1. The molecule has 2 N–H and O–H groups in total. The first-order valence-electron chi connectivity index (χ1n) is 7.28. The minimum atomic E-state index is -0.347. The molecule has 21 heavy (non-hydrogen) atoms. The highest BCUT2D eigenvalue weighted by Gasteiger charge is 2.26. The standard InChI is InChI=1S/C16H26N2O3/c1-11-6-7-13(10-14(11)18(20)21)12(2)17-15(8-9-19)16(3,4)5/h6-7,10,12,15,17,19H,8-9H2,1-5H3. The summed E-state index contributed by atoms with van der Waals surface area (Å²) in [5, 5.41) is 23.7. The third kappa shape index (κ3) is 4.79. The molecular weight excluding hydrogens is 268 g/mol. The number of aryl methyl sites for hydroxylation is 1. The van der Waals surface area contributed by atoms with Crippen molar-refractivity contribution in [3.63, 3.8) is 0 Å². The van der Waals surface area contributed by atoms with Crippen molar-refractivity contribution in [2.24, 2.45) is 5.41 Å². The molecule has 0 heterocycles. The van der Waals surface area contributed by atoms with Gasteiger partial charge in [-0.05, 0) is 31.2 Å². The molecule has 1 rings (SSSR count). The number of nitro benzene ring substituents is 1. The second-order valence-electron chi connectivity index (χ2n) is 6.62. The molecule has 0 aliphatic heterocycles. The van der Waals surface area contributed by atoms with Gasteiger partial charge in [0.15, 0.2) is 0 Å². The molecule has 0 bridgehead atoms. The molecule has 118 valence electrons. The molecule has 0 spiro atoms. The maximum absolute atomic E-state index is 11.0. The van der Waals surface area contributed by atoms with E-state index < -0.39 is 0 Å². The van der Waals surface area contributed by atoms with Gasteiger partial charge in [0.25, 0.3) is 5.69 Å². The summed E-state index contributed by atoms with van der Waals surface area (Å²) >= 11 is 0. The van der Waals surface area contributed by atoms with E-state index in [0.717, 1.165) is 5.56 Å². The number of nitro groups is 1. The molecule has 2 atom stereocenters. The van der Waals surface area contributed by atoms with Gasteiger partial charge in [-0.3, -0.25) is 10.1 Å². The van der Waals surface area contributed by atoms with Crippen LogP contribution >= 0.6 is 0 Å². The number of benzene rings is 1. The smallest absolute Gasteiger partial charge is 0.272 e. The van der Waals surface area contributed by atoms with Gasteiger partial charge in [-0.15, -0.1) is 0 Å². The van der Waals surface area contributed by atoms with Crippen LogP contribution in [0, 0.1) is 22.5 Å². The lowest BCUT2D eigenvalue weighted by Gasteiger charge is -2.34. The van der Waals surface area contributed by atoms with Crippen LogP contribution in [0.1, 0.15) is 51.3 Å². The average molecular weight is 294 g/mol. The van der Waals surface area contributed by atoms with Crippen LogP contribution in [0.25, 0.3) is 0 Å². The molecule has 2 unspecified atom stereocenters. The van der Waals surface area contributed by atoms with Crippen LogP contribution in [0.15, 0.2) is 18.2 Å². The molecule has 1 aromatic carbocycles. The molecule has 0 aliphatic carbocycles. The highest BCUT2D eigenvalue weighted by Crippen LogP contribution is 2.27. The summed E-state index contributed by atoms with van der Waals surface area (Å²) in [4.78, 5) is 10.7. The lowest BCUT2D eigenvalue weighted by molar-refractivity contribution is -0.385. The van der Waals surface area contributed by atoms with Crippen LogP contribution in [-0.2, 0) is 0 Å². The average Bonchev–Trinajstić information content (AvgIpc) is 2.37. The molecule has 0 fully saturated rings. The van der Waals surface area contributed by atoms with Crippen molar-refractivity contribution in [1.29, 1.82) is 0 Å². The molecule has 1 aromatic rings. The van der Waals surface area contributed by atoms with Gasteiger partial charge < -0.3 is 10.4 Å². The summed E-state index contributed by atoms with van der Waals surface area (Å²) in [5.74, 6) is 0. The van der Waals surface area contributed by atoms with E-state index in [2.05, 4.69) is 26.1 Å². The van der Waals surface area contributed by atoms with E-state index in [4.69, 9.17) is 0 Å². The second-order valence-corrected chi connectivity index (χ2v) is 6.62. The molecule has 0 amide bonds. The van der Waals surface area contributed by atoms with Crippen LogP contribution in [0.3, 0.4) is 0 Å². The van der Waals surface area contributed by atoms with Gasteiger partial charge in [0.1, 0.15) is 0 Å². The number of nitrogens with zero attached hydrogens (tertiary/aromatic N) is 1.